The van der Waals surface area contributed by atoms with Crippen LogP contribution in [0, 0.1) is 23.7 Å². The number of benzene rings is 1. The van der Waals surface area contributed by atoms with Gasteiger partial charge in [0.1, 0.15) is 22.8 Å². The standard InChI is InChI=1S/C30H36ClN3O7/c1-33(2)24-18-8-15-7-17-21(25(36)20(15)27(38)30(18,41)28(39)22(26(24)37)29(32)40)19(35)9-16(23(17)31)12-34-10-13-5-3-4-6-14(13)11-34/h9,13-15,18,24,35,37-38,41H,3-8,10-12H2,1-2H3,(H2,32,40)/t13?,14?,15-,18-,24-,30-/m0/s1. The number of nitrogens with two attached hydrogens (primary N) is 1. The highest BCUT2D eigenvalue weighted by Gasteiger charge is 2.63. The molecule has 41 heavy (non-hydrogen) atoms. The lowest BCUT2D eigenvalue weighted by Crippen LogP contribution is -2.63. The number of fused-ring (bicyclic) bond motifs is 4. The number of aliphatic hydroxyl groups excluding tert-OH is 2. The smallest absolute Gasteiger partial charge is 0.255 e. The third-order valence-corrected chi connectivity index (χ3v) is 10.6. The van der Waals surface area contributed by atoms with E-state index < -0.39 is 58.0 Å². The predicted octanol–water partition coefficient (Wildman–Crippen LogP) is 2.40. The monoisotopic (exact) mass is 585 g/mol. The van der Waals surface area contributed by atoms with Gasteiger partial charge in [-0.2, -0.15) is 0 Å². The summed E-state index contributed by atoms with van der Waals surface area (Å²) in [6.07, 6.45) is 5.19. The number of hydrogen-bond acceptors (Lipinski definition) is 9. The van der Waals surface area contributed by atoms with Gasteiger partial charge in [0.05, 0.1) is 11.6 Å². The van der Waals surface area contributed by atoms with Crippen LogP contribution in [0.5, 0.6) is 5.75 Å². The maximum Gasteiger partial charge on any atom is 0.255 e. The van der Waals surface area contributed by atoms with Crippen molar-refractivity contribution in [1.29, 1.82) is 0 Å². The molecular weight excluding hydrogens is 550 g/mol. The number of Topliss-reactive ketones (excluding diaryl/α,β-unsaturated/α-hetero) is 2. The van der Waals surface area contributed by atoms with Crippen molar-refractivity contribution in [1.82, 2.24) is 9.80 Å². The van der Waals surface area contributed by atoms with E-state index >= 15 is 0 Å². The number of likely N-dealkylation sites (N-methyl/N-ethyl adjacent to an activating group) is 1. The lowest BCUT2D eigenvalue weighted by atomic mass is 9.58. The Labute approximate surface area is 243 Å². The second-order valence-electron chi connectivity index (χ2n) is 12.7. The highest BCUT2D eigenvalue weighted by atomic mass is 35.5. The van der Waals surface area contributed by atoms with Crippen molar-refractivity contribution in [3.8, 4) is 5.75 Å². The molecule has 0 spiro atoms. The Bertz CT molecular complexity index is 1420. The average Bonchev–Trinajstić information content (AvgIpc) is 3.31. The van der Waals surface area contributed by atoms with Crippen molar-refractivity contribution in [3.05, 3.63) is 50.4 Å². The molecule has 220 valence electrons. The van der Waals surface area contributed by atoms with E-state index in [2.05, 4.69) is 4.90 Å². The van der Waals surface area contributed by atoms with E-state index in [1.54, 1.807) is 14.1 Å². The number of phenolic OH excluding ortho intramolecular Hbond substituents is 1. The molecule has 6 atom stereocenters. The highest BCUT2D eigenvalue weighted by molar-refractivity contribution is 6.33. The van der Waals surface area contributed by atoms with Crippen LogP contribution in [-0.2, 0) is 22.6 Å². The molecule has 1 aromatic carbocycles. The molecule has 10 nitrogen and oxygen atoms in total. The van der Waals surface area contributed by atoms with Crippen molar-refractivity contribution >= 4 is 29.1 Å². The fourth-order valence-electron chi connectivity index (χ4n) is 8.34. The Morgan fingerprint density at radius 2 is 1.78 bits per heavy atom. The molecule has 0 bridgehead atoms. The summed E-state index contributed by atoms with van der Waals surface area (Å²) in [5.41, 5.74) is 2.85. The van der Waals surface area contributed by atoms with Crippen molar-refractivity contribution in [3.63, 3.8) is 0 Å². The molecule has 5 aliphatic rings. The number of likely N-dealkylation sites (tertiary alicyclic amines) is 1. The summed E-state index contributed by atoms with van der Waals surface area (Å²) in [6.45, 7) is 2.50. The molecule has 0 radical (unpaired) electrons. The first-order valence-corrected chi connectivity index (χ1v) is 14.6. The summed E-state index contributed by atoms with van der Waals surface area (Å²) in [5.74, 6) is -5.34. The number of allylic oxidation sites excluding steroid dienone is 1. The van der Waals surface area contributed by atoms with Gasteiger partial charge in [-0.05, 0) is 74.7 Å². The number of carbonyl (C=O) groups is 3. The number of carbonyl (C=O) groups excluding carboxylic acids is 3. The number of aromatic hydroxyl groups is 1. The molecule has 0 aromatic heterocycles. The largest absolute Gasteiger partial charge is 0.510 e. The minimum absolute atomic E-state index is 0.0303. The summed E-state index contributed by atoms with van der Waals surface area (Å²) < 4.78 is 0. The van der Waals surface area contributed by atoms with E-state index in [0.717, 1.165) is 18.7 Å². The number of halogens is 1. The van der Waals surface area contributed by atoms with Crippen LogP contribution in [0.15, 0.2) is 28.7 Å². The summed E-state index contributed by atoms with van der Waals surface area (Å²) in [6, 6.07) is 0.466. The molecule has 1 saturated carbocycles. The number of aliphatic hydroxyl groups is 3. The summed E-state index contributed by atoms with van der Waals surface area (Å²) in [7, 11) is 3.20. The Kier molecular flexibility index (Phi) is 6.76. The third-order valence-electron chi connectivity index (χ3n) is 10.2. The van der Waals surface area contributed by atoms with Crippen LogP contribution < -0.4 is 5.73 Å². The molecule has 2 unspecified atom stereocenters. The summed E-state index contributed by atoms with van der Waals surface area (Å²) in [4.78, 5) is 43.3. The van der Waals surface area contributed by atoms with Gasteiger partial charge in [-0.1, -0.05) is 24.4 Å². The number of phenols is 1. The van der Waals surface area contributed by atoms with Crippen LogP contribution in [0.25, 0.3) is 0 Å². The van der Waals surface area contributed by atoms with Gasteiger partial charge in [-0.25, -0.2) is 0 Å². The Balaban J connectivity index is 1.40. The molecule has 1 amide bonds. The van der Waals surface area contributed by atoms with Crippen LogP contribution in [-0.4, -0.2) is 86.5 Å². The van der Waals surface area contributed by atoms with E-state index in [1.165, 1.54) is 36.6 Å². The minimum atomic E-state index is -2.66. The van der Waals surface area contributed by atoms with Crippen molar-refractivity contribution in [2.75, 3.05) is 27.2 Å². The predicted molar refractivity (Wildman–Crippen MR) is 149 cm³/mol. The normalized spacial score (nSPS) is 33.5. The van der Waals surface area contributed by atoms with Crippen LogP contribution in [0.3, 0.4) is 0 Å². The molecule has 1 aliphatic heterocycles. The molecule has 6 N–H and O–H groups in total. The first kappa shape index (κ1) is 28.2. The van der Waals surface area contributed by atoms with E-state index in [9.17, 15) is 34.8 Å². The van der Waals surface area contributed by atoms with Gasteiger partial charge in [-0.15, -0.1) is 0 Å². The molecule has 1 saturated heterocycles. The van der Waals surface area contributed by atoms with Gasteiger partial charge >= 0.3 is 0 Å². The van der Waals surface area contributed by atoms with Crippen LogP contribution in [0.2, 0.25) is 5.02 Å². The molecule has 11 heteroatoms. The van der Waals surface area contributed by atoms with Gasteiger partial charge in [0, 0.05) is 36.1 Å². The lowest BCUT2D eigenvalue weighted by Gasteiger charge is -2.50. The topological polar surface area (TPSA) is 165 Å². The summed E-state index contributed by atoms with van der Waals surface area (Å²) in [5, 5.41) is 45.5. The molecular formula is C30H36ClN3O7. The fraction of sp³-hybridized carbons (Fsp3) is 0.567. The van der Waals surface area contributed by atoms with Gasteiger partial charge in [0.25, 0.3) is 5.91 Å². The zero-order valence-corrected chi connectivity index (χ0v) is 23.9. The maximum absolute atomic E-state index is 13.8. The number of hydrogen-bond donors (Lipinski definition) is 5. The number of nitrogens with zero attached hydrogens (tertiary/aromatic N) is 2. The van der Waals surface area contributed by atoms with Crippen LogP contribution >= 0.6 is 11.6 Å². The Morgan fingerprint density at radius 1 is 1.15 bits per heavy atom. The second kappa shape index (κ2) is 9.83. The first-order chi connectivity index (χ1) is 19.4. The Morgan fingerprint density at radius 3 is 2.37 bits per heavy atom. The minimum Gasteiger partial charge on any atom is -0.510 e. The molecule has 1 aromatic rings. The molecule has 4 aliphatic carbocycles. The number of amides is 1. The van der Waals surface area contributed by atoms with Gasteiger partial charge in [0.15, 0.2) is 11.4 Å². The van der Waals surface area contributed by atoms with E-state index in [-0.39, 0.29) is 29.7 Å². The number of rotatable bonds is 4. The van der Waals surface area contributed by atoms with Crippen molar-refractivity contribution in [2.24, 2.45) is 29.4 Å². The first-order valence-electron chi connectivity index (χ1n) is 14.3. The maximum atomic E-state index is 13.8. The quantitative estimate of drug-likeness (QED) is 0.334. The van der Waals surface area contributed by atoms with Crippen LogP contribution in [0.1, 0.15) is 53.6 Å². The fourth-order valence-corrected chi connectivity index (χ4v) is 8.63. The van der Waals surface area contributed by atoms with Crippen molar-refractivity contribution in [2.45, 2.75) is 56.7 Å². The Hall–Kier alpha value is -2.92. The lowest BCUT2D eigenvalue weighted by molar-refractivity contribution is -0.148. The molecule has 6 rings (SSSR count). The van der Waals surface area contributed by atoms with E-state index in [4.69, 9.17) is 17.3 Å². The SMILES string of the molecule is CN(C)[C@@H]1C(O)=C(C(N)=O)C(=O)[C@@]2(O)C(O)=C3C(=O)c4c(O)cc(CN5CC6CCCCC6C5)c(Cl)c4C[C@H]3C[C@@H]12. The number of ketones is 2. The third kappa shape index (κ3) is 4.06. The second-order valence-corrected chi connectivity index (χ2v) is 13.1. The average molecular weight is 586 g/mol. The van der Waals surface area contributed by atoms with Gasteiger partial charge < -0.3 is 26.2 Å². The highest BCUT2D eigenvalue weighted by Crippen LogP contribution is 2.53. The van der Waals surface area contributed by atoms with Crippen LogP contribution in [0.4, 0.5) is 0 Å². The molecule has 2 fully saturated rings. The summed E-state index contributed by atoms with van der Waals surface area (Å²) >= 11 is 6.93. The van der Waals surface area contributed by atoms with E-state index in [1.807, 2.05) is 0 Å². The number of primary amides is 1. The van der Waals surface area contributed by atoms with Gasteiger partial charge in [0.2, 0.25) is 5.78 Å². The molecule has 1 heterocycles. The zero-order chi connectivity index (χ0) is 29.5. The van der Waals surface area contributed by atoms with Gasteiger partial charge in [-0.3, -0.25) is 24.2 Å². The van der Waals surface area contributed by atoms with Crippen molar-refractivity contribution < 1.29 is 34.8 Å². The van der Waals surface area contributed by atoms with E-state index in [0.29, 0.717) is 29.0 Å². The zero-order valence-electron chi connectivity index (χ0n) is 23.2.